The summed E-state index contributed by atoms with van der Waals surface area (Å²) >= 11 is 0. The molecule has 0 spiro atoms. The van der Waals surface area contributed by atoms with Gasteiger partial charge in [0.2, 0.25) is 0 Å². The molecule has 0 aliphatic rings. The van der Waals surface area contributed by atoms with E-state index < -0.39 is 7.82 Å². The molecule has 0 bridgehead atoms. The van der Waals surface area contributed by atoms with E-state index in [-0.39, 0.29) is 114 Å². The van der Waals surface area contributed by atoms with Gasteiger partial charge in [0.15, 0.2) is 0 Å². The van der Waals surface area contributed by atoms with Crippen molar-refractivity contribution in [2.75, 3.05) is 0 Å². The van der Waals surface area contributed by atoms with E-state index in [1.165, 1.54) is 0 Å². The van der Waals surface area contributed by atoms with Gasteiger partial charge in [-0.15, -0.1) is 0 Å². The minimum absolute atomic E-state index is 0. The van der Waals surface area contributed by atoms with E-state index in [1.807, 2.05) is 0 Å². The average Bonchev–Trinajstić information content (AvgIpc) is 0.722. The molecule has 0 rings (SSSR count). The van der Waals surface area contributed by atoms with Crippen LogP contribution in [0.15, 0.2) is 0 Å². The molecule has 0 aliphatic heterocycles. The van der Waals surface area contributed by atoms with Crippen molar-refractivity contribution in [1.29, 1.82) is 0 Å². The number of rotatable bonds is 0. The quantitative estimate of drug-likeness (QED) is 0.247. The third-order valence-corrected chi connectivity index (χ3v) is 0. The predicted molar refractivity (Wildman–Crippen MR) is 15.4 cm³/mol. The molecule has 3 N–H and O–H groups in total. The van der Waals surface area contributed by atoms with Crippen molar-refractivity contribution < 1.29 is 133 Å². The Balaban J connectivity index is -0.0000000133. The van der Waals surface area contributed by atoms with E-state index in [0.29, 0.717) is 0 Å². The van der Waals surface area contributed by atoms with Crippen molar-refractivity contribution in [3.05, 3.63) is 0 Å². The molecule has 48 valence electrons. The van der Waals surface area contributed by atoms with Gasteiger partial charge in [0.05, 0.1) is 0 Å². The minimum atomic E-state index is -4.64. The van der Waals surface area contributed by atoms with Gasteiger partial charge in [0.25, 0.3) is 0 Å². The molecule has 4 nitrogen and oxygen atoms in total. The van der Waals surface area contributed by atoms with Gasteiger partial charge in [0, 0.05) is 61.0 Å². The maximum absolute atomic E-state index is 8.88. The average molecular weight is 478 g/mol. The summed E-state index contributed by atoms with van der Waals surface area (Å²) in [7, 11) is -4.64. The first-order chi connectivity index (χ1) is 2.00. The molecule has 0 unspecified atom stereocenters. The van der Waals surface area contributed by atoms with Crippen molar-refractivity contribution >= 4 is 7.82 Å². The monoisotopic (exact) mass is 478 g/mol. The summed E-state index contributed by atoms with van der Waals surface area (Å²) in [5.74, 6) is 0. The first-order valence-electron chi connectivity index (χ1n) is 0.783. The van der Waals surface area contributed by atoms with E-state index in [2.05, 4.69) is 0 Å². The van der Waals surface area contributed by atoms with Gasteiger partial charge in [-0.3, -0.25) is 0 Å². The Morgan fingerprint density at radius 1 is 1.25 bits per heavy atom. The van der Waals surface area contributed by atoms with Crippen LogP contribution in [0.4, 0.5) is 0 Å². The van der Waals surface area contributed by atoms with E-state index >= 15 is 0 Å². The fourth-order valence-corrected chi connectivity index (χ4v) is 0. The Hall–Kier alpha value is 3.77. The zero-order valence-electron chi connectivity index (χ0n) is 4.98. The van der Waals surface area contributed by atoms with Crippen molar-refractivity contribution in [3.8, 4) is 0 Å². The number of phosphoric acid groups is 1. The summed E-state index contributed by atoms with van der Waals surface area (Å²) in [6.45, 7) is 0. The second-order valence-electron chi connectivity index (χ2n) is 0.513. The molecule has 0 saturated heterocycles. The Morgan fingerprint density at radius 2 is 1.25 bits per heavy atom. The fourth-order valence-electron chi connectivity index (χ4n) is 0. The largest absolute Gasteiger partial charge is 1.00 e. The zero-order valence-corrected chi connectivity index (χ0v) is 13.3. The van der Waals surface area contributed by atoms with Gasteiger partial charge >= 0.3 is 59.2 Å². The van der Waals surface area contributed by atoms with E-state index in [1.54, 1.807) is 0 Å². The third kappa shape index (κ3) is 52.8. The van der Waals surface area contributed by atoms with Crippen LogP contribution in [0, 0.1) is 38.6 Å². The molecule has 2 radical (unpaired) electrons. The zero-order chi connectivity index (χ0) is 4.50. The summed E-state index contributed by atoms with van der Waals surface area (Å²) in [5, 5.41) is 0. The fraction of sp³-hybridized carbons (Fsp3) is 0. The van der Waals surface area contributed by atoms with Gasteiger partial charge in [-0.1, -0.05) is 0 Å². The Kier molecular flexibility index (Phi) is 30.5. The van der Waals surface area contributed by atoms with Gasteiger partial charge in [-0.2, -0.15) is 0 Å². The smallest absolute Gasteiger partial charge is 1.00 e. The standard InChI is InChI=1S/K.H3O4P.Ta.Tb.H/c;1-5(2,3)4;;;/h;(H3,1,2,3,4);;;/q+1;;;;-1. The molecule has 0 aromatic rings. The minimum Gasteiger partial charge on any atom is -1.00 e. The first-order valence-corrected chi connectivity index (χ1v) is 2.35. The van der Waals surface area contributed by atoms with Crippen LogP contribution in [0.25, 0.3) is 0 Å². The van der Waals surface area contributed by atoms with Crippen molar-refractivity contribution in [3.63, 3.8) is 0 Å². The molecule has 8 heteroatoms. The van der Waals surface area contributed by atoms with Crippen LogP contribution in [0.5, 0.6) is 0 Å². The Bertz CT molecular complexity index is 66.7. The van der Waals surface area contributed by atoms with Gasteiger partial charge in [-0.05, 0) is 0 Å². The first kappa shape index (κ1) is 22.6. The molecular weight excluding hydrogens is 474 g/mol. The maximum Gasteiger partial charge on any atom is 1.00 e. The molecule has 8 heavy (non-hydrogen) atoms. The van der Waals surface area contributed by atoms with Crippen LogP contribution in [-0.2, 0) is 26.9 Å². The Morgan fingerprint density at radius 3 is 1.25 bits per heavy atom. The van der Waals surface area contributed by atoms with Crippen molar-refractivity contribution in [2.45, 2.75) is 0 Å². The summed E-state index contributed by atoms with van der Waals surface area (Å²) < 4.78 is 8.88. The summed E-state index contributed by atoms with van der Waals surface area (Å²) in [6, 6.07) is 0. The van der Waals surface area contributed by atoms with Crippen molar-refractivity contribution in [2.24, 2.45) is 0 Å². The molecule has 0 aromatic heterocycles. The maximum atomic E-state index is 8.88. The van der Waals surface area contributed by atoms with Crippen LogP contribution >= 0.6 is 7.82 Å². The molecule has 0 fully saturated rings. The summed E-state index contributed by atoms with van der Waals surface area (Å²) in [5.41, 5.74) is 0. The van der Waals surface area contributed by atoms with E-state index in [9.17, 15) is 0 Å². The second-order valence-corrected chi connectivity index (χ2v) is 1.54. The van der Waals surface area contributed by atoms with Crippen LogP contribution in [-0.4, -0.2) is 14.7 Å². The van der Waals surface area contributed by atoms with Crippen LogP contribution in [0.2, 0.25) is 0 Å². The number of hydrogen-bond acceptors (Lipinski definition) is 1. The molecule has 0 amide bonds. The summed E-state index contributed by atoms with van der Waals surface area (Å²) in [4.78, 5) is 21.6. The molecule has 0 heterocycles. The van der Waals surface area contributed by atoms with Crippen LogP contribution in [0.1, 0.15) is 1.43 Å². The third-order valence-electron chi connectivity index (χ3n) is 0. The predicted octanol–water partition coefficient (Wildman–Crippen LogP) is -3.81. The van der Waals surface area contributed by atoms with Gasteiger partial charge < -0.3 is 16.1 Å². The van der Waals surface area contributed by atoms with E-state index in [0.717, 1.165) is 0 Å². The molecular formula is H4KO4PTaTb. The van der Waals surface area contributed by atoms with Crippen LogP contribution < -0.4 is 51.4 Å². The molecule has 0 saturated carbocycles. The summed E-state index contributed by atoms with van der Waals surface area (Å²) in [6.07, 6.45) is 0. The molecule has 0 atom stereocenters. The SMILES string of the molecule is O=P(O)(O)O.[H-].[K+].[Ta].[Tb]. The Labute approximate surface area is 137 Å². The van der Waals surface area contributed by atoms with Gasteiger partial charge in [0.1, 0.15) is 0 Å². The van der Waals surface area contributed by atoms with Gasteiger partial charge in [-0.25, -0.2) is 4.57 Å². The second kappa shape index (κ2) is 10.8. The number of hydrogen-bond donors (Lipinski definition) is 3. The van der Waals surface area contributed by atoms with Crippen LogP contribution in [0.3, 0.4) is 0 Å². The molecule has 0 aliphatic carbocycles. The van der Waals surface area contributed by atoms with E-state index in [4.69, 9.17) is 19.2 Å². The topological polar surface area (TPSA) is 77.8 Å². The van der Waals surface area contributed by atoms with Crippen molar-refractivity contribution in [1.82, 2.24) is 0 Å². The molecule has 0 aromatic carbocycles. The normalized spacial score (nSPS) is 7.38.